The normalized spacial score (nSPS) is 27.2. The van der Waals surface area contributed by atoms with E-state index in [4.69, 9.17) is 4.74 Å². The number of aliphatic hydroxyl groups is 1. The van der Waals surface area contributed by atoms with Crippen LogP contribution in [0.25, 0.3) is 0 Å². The molecule has 0 aromatic heterocycles. The summed E-state index contributed by atoms with van der Waals surface area (Å²) in [6, 6.07) is 0. The quantitative estimate of drug-likeness (QED) is 0.801. The highest BCUT2D eigenvalue weighted by Gasteiger charge is 2.45. The highest BCUT2D eigenvalue weighted by Crippen LogP contribution is 2.40. The SMILES string of the molecule is CCCCC(O)C1(N2CCOCC2)CCCC1. The molecule has 1 N–H and O–H groups in total. The topological polar surface area (TPSA) is 32.7 Å². The first-order chi connectivity index (χ1) is 8.29. The highest BCUT2D eigenvalue weighted by atomic mass is 16.5. The average molecular weight is 241 g/mol. The lowest BCUT2D eigenvalue weighted by Gasteiger charge is -2.46. The summed E-state index contributed by atoms with van der Waals surface area (Å²) in [6.07, 6.45) is 8.07. The third-order valence-electron chi connectivity index (χ3n) is 4.56. The second-order valence-electron chi connectivity index (χ2n) is 5.57. The first kappa shape index (κ1) is 13.3. The number of unbranched alkanes of at least 4 members (excludes halogenated alkanes) is 1. The van der Waals surface area contributed by atoms with Gasteiger partial charge in [-0.1, -0.05) is 32.6 Å². The van der Waals surface area contributed by atoms with Gasteiger partial charge >= 0.3 is 0 Å². The standard InChI is InChI=1S/C14H27NO2/c1-2-3-6-13(16)14(7-4-5-8-14)15-9-11-17-12-10-15/h13,16H,2-12H2,1H3. The first-order valence-electron chi connectivity index (χ1n) is 7.30. The molecule has 0 amide bonds. The van der Waals surface area contributed by atoms with E-state index in [0.29, 0.717) is 0 Å². The fourth-order valence-corrected chi connectivity index (χ4v) is 3.52. The van der Waals surface area contributed by atoms with Crippen molar-refractivity contribution in [3.05, 3.63) is 0 Å². The van der Waals surface area contributed by atoms with E-state index in [1.807, 2.05) is 0 Å². The third kappa shape index (κ3) is 2.83. The Morgan fingerprint density at radius 1 is 1.24 bits per heavy atom. The zero-order chi connectivity index (χ0) is 12.1. The van der Waals surface area contributed by atoms with Crippen molar-refractivity contribution < 1.29 is 9.84 Å². The summed E-state index contributed by atoms with van der Waals surface area (Å²) in [7, 11) is 0. The van der Waals surface area contributed by atoms with Crippen molar-refractivity contribution in [3.8, 4) is 0 Å². The lowest BCUT2D eigenvalue weighted by molar-refractivity contribution is -0.0783. The molecule has 1 saturated heterocycles. The number of ether oxygens (including phenoxy) is 1. The van der Waals surface area contributed by atoms with Gasteiger partial charge in [0, 0.05) is 18.6 Å². The molecule has 1 aliphatic carbocycles. The minimum atomic E-state index is -0.136. The van der Waals surface area contributed by atoms with E-state index in [1.54, 1.807) is 0 Å². The van der Waals surface area contributed by atoms with Crippen LogP contribution in [0.4, 0.5) is 0 Å². The minimum absolute atomic E-state index is 0.0823. The van der Waals surface area contributed by atoms with Gasteiger partial charge in [-0.15, -0.1) is 0 Å². The molecular formula is C14H27NO2. The smallest absolute Gasteiger partial charge is 0.0723 e. The molecule has 0 bridgehead atoms. The van der Waals surface area contributed by atoms with Crippen molar-refractivity contribution in [3.63, 3.8) is 0 Å². The molecule has 2 fully saturated rings. The van der Waals surface area contributed by atoms with Crippen LogP contribution in [0, 0.1) is 0 Å². The van der Waals surface area contributed by atoms with Crippen LogP contribution in [0.5, 0.6) is 0 Å². The second-order valence-corrected chi connectivity index (χ2v) is 5.57. The van der Waals surface area contributed by atoms with E-state index in [9.17, 15) is 5.11 Å². The molecule has 1 unspecified atom stereocenters. The molecule has 2 aliphatic rings. The van der Waals surface area contributed by atoms with Gasteiger partial charge in [0.2, 0.25) is 0 Å². The van der Waals surface area contributed by atoms with E-state index in [0.717, 1.165) is 39.1 Å². The maximum Gasteiger partial charge on any atom is 0.0723 e. The monoisotopic (exact) mass is 241 g/mol. The van der Waals surface area contributed by atoms with Crippen molar-refractivity contribution in [2.24, 2.45) is 0 Å². The summed E-state index contributed by atoms with van der Waals surface area (Å²) in [5.41, 5.74) is 0.0823. The van der Waals surface area contributed by atoms with Crippen LogP contribution >= 0.6 is 0 Å². The Hall–Kier alpha value is -0.120. The van der Waals surface area contributed by atoms with Gasteiger partial charge in [-0.25, -0.2) is 0 Å². The van der Waals surface area contributed by atoms with E-state index in [1.165, 1.54) is 32.1 Å². The Kier molecular flexibility index (Phi) is 4.83. The maximum atomic E-state index is 10.6. The molecule has 1 aliphatic heterocycles. The zero-order valence-electron chi connectivity index (χ0n) is 11.2. The molecule has 2 rings (SSSR count). The zero-order valence-corrected chi connectivity index (χ0v) is 11.2. The van der Waals surface area contributed by atoms with Gasteiger partial charge in [-0.3, -0.25) is 4.90 Å². The summed E-state index contributed by atoms with van der Waals surface area (Å²) < 4.78 is 5.44. The molecule has 0 spiro atoms. The molecule has 1 heterocycles. The summed E-state index contributed by atoms with van der Waals surface area (Å²) >= 11 is 0. The van der Waals surface area contributed by atoms with E-state index >= 15 is 0 Å². The predicted octanol–water partition coefficient (Wildman–Crippen LogP) is 2.18. The summed E-state index contributed by atoms with van der Waals surface area (Å²) in [5, 5.41) is 10.6. The number of morpholine rings is 1. The van der Waals surface area contributed by atoms with Crippen LogP contribution in [-0.2, 0) is 4.74 Å². The second kappa shape index (κ2) is 6.17. The average Bonchev–Trinajstić information content (AvgIpc) is 2.87. The highest BCUT2D eigenvalue weighted by molar-refractivity contribution is 5.00. The van der Waals surface area contributed by atoms with E-state index in [-0.39, 0.29) is 11.6 Å². The molecule has 3 nitrogen and oxygen atoms in total. The van der Waals surface area contributed by atoms with Gasteiger partial charge in [-0.05, 0) is 19.3 Å². The van der Waals surface area contributed by atoms with Crippen molar-refractivity contribution in [2.75, 3.05) is 26.3 Å². The summed E-state index contributed by atoms with van der Waals surface area (Å²) in [6.45, 7) is 5.87. The van der Waals surface area contributed by atoms with Crippen molar-refractivity contribution in [1.29, 1.82) is 0 Å². The van der Waals surface area contributed by atoms with Crippen LogP contribution in [0.15, 0.2) is 0 Å². The van der Waals surface area contributed by atoms with Crippen LogP contribution in [0.1, 0.15) is 51.9 Å². The van der Waals surface area contributed by atoms with E-state index < -0.39 is 0 Å². The Labute approximate surface area is 105 Å². The molecular weight excluding hydrogens is 214 g/mol. The lowest BCUT2D eigenvalue weighted by Crippen LogP contribution is -2.58. The predicted molar refractivity (Wildman–Crippen MR) is 69.1 cm³/mol. The molecule has 100 valence electrons. The molecule has 1 saturated carbocycles. The van der Waals surface area contributed by atoms with Gasteiger partial charge < -0.3 is 9.84 Å². The molecule has 3 heteroatoms. The number of rotatable bonds is 5. The third-order valence-corrected chi connectivity index (χ3v) is 4.56. The van der Waals surface area contributed by atoms with Crippen molar-refractivity contribution in [1.82, 2.24) is 4.90 Å². The van der Waals surface area contributed by atoms with Crippen LogP contribution in [-0.4, -0.2) is 48.0 Å². The molecule has 1 atom stereocenters. The molecule has 0 aromatic carbocycles. The fourth-order valence-electron chi connectivity index (χ4n) is 3.52. The van der Waals surface area contributed by atoms with Crippen LogP contribution in [0.2, 0.25) is 0 Å². The van der Waals surface area contributed by atoms with Gasteiger partial charge in [0.05, 0.1) is 19.3 Å². The fraction of sp³-hybridized carbons (Fsp3) is 1.00. The number of hydrogen-bond donors (Lipinski definition) is 1. The Bertz CT molecular complexity index is 220. The maximum absolute atomic E-state index is 10.6. The van der Waals surface area contributed by atoms with Crippen molar-refractivity contribution >= 4 is 0 Å². The van der Waals surface area contributed by atoms with Crippen LogP contribution < -0.4 is 0 Å². The van der Waals surface area contributed by atoms with E-state index in [2.05, 4.69) is 11.8 Å². The van der Waals surface area contributed by atoms with Gasteiger partial charge in [0.25, 0.3) is 0 Å². The first-order valence-corrected chi connectivity index (χ1v) is 7.30. The summed E-state index contributed by atoms with van der Waals surface area (Å²) in [4.78, 5) is 2.52. The molecule has 0 aromatic rings. The van der Waals surface area contributed by atoms with Gasteiger partial charge in [0.15, 0.2) is 0 Å². The largest absolute Gasteiger partial charge is 0.391 e. The Morgan fingerprint density at radius 3 is 2.47 bits per heavy atom. The minimum Gasteiger partial charge on any atom is -0.391 e. The van der Waals surface area contributed by atoms with Crippen molar-refractivity contribution in [2.45, 2.75) is 63.5 Å². The van der Waals surface area contributed by atoms with Gasteiger partial charge in [-0.2, -0.15) is 0 Å². The lowest BCUT2D eigenvalue weighted by atomic mass is 9.85. The Morgan fingerprint density at radius 2 is 1.88 bits per heavy atom. The molecule has 0 radical (unpaired) electrons. The Balaban J connectivity index is 2.02. The van der Waals surface area contributed by atoms with Gasteiger partial charge in [0.1, 0.15) is 0 Å². The number of nitrogens with zero attached hydrogens (tertiary/aromatic N) is 1. The van der Waals surface area contributed by atoms with Crippen LogP contribution in [0.3, 0.4) is 0 Å². The summed E-state index contributed by atoms with van der Waals surface area (Å²) in [5.74, 6) is 0. The number of aliphatic hydroxyl groups excluding tert-OH is 1. The molecule has 17 heavy (non-hydrogen) atoms. The number of hydrogen-bond acceptors (Lipinski definition) is 3.